The number of rotatable bonds is 1. The average molecular weight is 307 g/mol. The molecular weight excluding hydrogens is 291 g/mol. The van der Waals surface area contributed by atoms with Gasteiger partial charge in [-0.2, -0.15) is 9.50 Å². The maximum absolute atomic E-state index is 11.7. The Labute approximate surface area is 122 Å². The van der Waals surface area contributed by atoms with Crippen molar-refractivity contribution in [1.82, 2.24) is 24.9 Å². The van der Waals surface area contributed by atoms with E-state index in [0.29, 0.717) is 17.4 Å². The lowest BCUT2D eigenvalue weighted by molar-refractivity contribution is 0.579. The second kappa shape index (κ2) is 6.23. The summed E-state index contributed by atoms with van der Waals surface area (Å²) >= 11 is 0. The highest BCUT2D eigenvalue weighted by Gasteiger charge is 2.15. The number of nitrogens with one attached hydrogen (secondary N) is 2. The van der Waals surface area contributed by atoms with Crippen molar-refractivity contribution in [3.8, 4) is 0 Å². The quantitative estimate of drug-likeness (QED) is 0.774. The van der Waals surface area contributed by atoms with Crippen molar-refractivity contribution in [2.75, 3.05) is 31.1 Å². The molecule has 2 aromatic heterocycles. The van der Waals surface area contributed by atoms with Gasteiger partial charge in [0.25, 0.3) is 11.3 Å². The highest BCUT2D eigenvalue weighted by atomic mass is 35.5. The average Bonchev–Trinajstić information content (AvgIpc) is 2.74. The summed E-state index contributed by atoms with van der Waals surface area (Å²) in [4.78, 5) is 22.4. The van der Waals surface area contributed by atoms with E-state index in [-0.39, 0.29) is 30.4 Å². The molecule has 0 aliphatic carbocycles. The van der Waals surface area contributed by atoms with E-state index in [1.54, 1.807) is 6.92 Å². The zero-order valence-corrected chi connectivity index (χ0v) is 12.1. The molecule has 0 saturated carbocycles. The smallest absolute Gasteiger partial charge is 0.274 e. The lowest BCUT2D eigenvalue weighted by Gasteiger charge is -2.26. The van der Waals surface area contributed by atoms with Gasteiger partial charge in [0.05, 0.1) is 0 Å². The van der Waals surface area contributed by atoms with Crippen molar-refractivity contribution in [3.05, 3.63) is 22.1 Å². The van der Waals surface area contributed by atoms with Crippen LogP contribution in [0.3, 0.4) is 0 Å². The molecule has 0 unspecified atom stereocenters. The van der Waals surface area contributed by atoms with Crippen molar-refractivity contribution < 1.29 is 0 Å². The van der Waals surface area contributed by atoms with Crippen LogP contribution < -0.4 is 15.8 Å². The third-order valence-corrected chi connectivity index (χ3v) is 2.86. The fourth-order valence-electron chi connectivity index (χ4n) is 2.00. The minimum absolute atomic E-state index is 0. The van der Waals surface area contributed by atoms with E-state index in [1.807, 2.05) is 0 Å². The van der Waals surface area contributed by atoms with E-state index in [9.17, 15) is 4.79 Å². The van der Waals surface area contributed by atoms with Crippen LogP contribution in [0.15, 0.2) is 10.9 Å². The lowest BCUT2D eigenvalue weighted by atomic mass is 10.4. The van der Waals surface area contributed by atoms with Crippen LogP contribution in [0.25, 0.3) is 5.78 Å². The summed E-state index contributed by atoms with van der Waals surface area (Å²) in [6, 6.07) is 1.49. The Hall–Kier alpha value is -1.31. The Balaban J connectivity index is 0.000000902. The van der Waals surface area contributed by atoms with Crippen molar-refractivity contribution in [3.63, 3.8) is 0 Å². The largest absolute Gasteiger partial charge is 0.339 e. The summed E-state index contributed by atoms with van der Waals surface area (Å²) in [5, 5.41) is 6.26. The molecule has 9 heteroatoms. The molecule has 106 valence electrons. The highest BCUT2D eigenvalue weighted by molar-refractivity contribution is 5.85. The monoisotopic (exact) mass is 306 g/mol. The maximum Gasteiger partial charge on any atom is 0.274 e. The second-order valence-corrected chi connectivity index (χ2v) is 4.16. The molecule has 19 heavy (non-hydrogen) atoms. The van der Waals surface area contributed by atoms with E-state index in [4.69, 9.17) is 0 Å². The summed E-state index contributed by atoms with van der Waals surface area (Å²) in [6.07, 6.45) is 0. The summed E-state index contributed by atoms with van der Waals surface area (Å²) < 4.78 is 1.38. The fourth-order valence-corrected chi connectivity index (χ4v) is 2.00. The van der Waals surface area contributed by atoms with E-state index >= 15 is 0 Å². The fraction of sp³-hybridized carbons (Fsp3) is 0.500. The molecule has 2 N–H and O–H groups in total. The van der Waals surface area contributed by atoms with Crippen LogP contribution in [0.4, 0.5) is 5.95 Å². The number of nitrogens with zero attached hydrogens (tertiary/aromatic N) is 4. The van der Waals surface area contributed by atoms with Crippen molar-refractivity contribution in [2.45, 2.75) is 6.92 Å². The predicted molar refractivity (Wildman–Crippen MR) is 77.9 cm³/mol. The number of piperazine rings is 1. The maximum atomic E-state index is 11.7. The third kappa shape index (κ3) is 2.99. The van der Waals surface area contributed by atoms with Gasteiger partial charge in [-0.3, -0.25) is 9.89 Å². The SMILES string of the molecule is Cc1cc(=O)n2[nH]c(N3CCNCC3)nc2n1.Cl.Cl. The van der Waals surface area contributed by atoms with Gasteiger partial charge in [0.1, 0.15) is 0 Å². The van der Waals surface area contributed by atoms with Gasteiger partial charge < -0.3 is 10.2 Å². The summed E-state index contributed by atoms with van der Waals surface area (Å²) in [5.41, 5.74) is 0.565. The Bertz CT molecular complexity index is 604. The number of H-pyrrole nitrogens is 1. The van der Waals surface area contributed by atoms with Gasteiger partial charge in [-0.1, -0.05) is 0 Å². The van der Waals surface area contributed by atoms with Crippen molar-refractivity contribution >= 4 is 36.5 Å². The van der Waals surface area contributed by atoms with Crippen LogP contribution in [0.5, 0.6) is 0 Å². The van der Waals surface area contributed by atoms with Gasteiger partial charge >= 0.3 is 0 Å². The first-order valence-corrected chi connectivity index (χ1v) is 5.66. The first-order valence-electron chi connectivity index (χ1n) is 5.66. The summed E-state index contributed by atoms with van der Waals surface area (Å²) in [5.74, 6) is 1.14. The van der Waals surface area contributed by atoms with Gasteiger partial charge in [-0.25, -0.2) is 4.98 Å². The van der Waals surface area contributed by atoms with Crippen LogP contribution in [0.2, 0.25) is 0 Å². The minimum atomic E-state index is -0.124. The first kappa shape index (κ1) is 15.7. The van der Waals surface area contributed by atoms with Crippen LogP contribution in [0.1, 0.15) is 5.69 Å². The molecule has 0 aromatic carbocycles. The molecule has 1 saturated heterocycles. The number of aromatic amines is 1. The Kier molecular flexibility index (Phi) is 5.16. The topological polar surface area (TPSA) is 78.3 Å². The van der Waals surface area contributed by atoms with Gasteiger partial charge in [0.2, 0.25) is 5.95 Å². The number of aryl methyl sites for hydroxylation is 1. The summed E-state index contributed by atoms with van der Waals surface area (Å²) in [6.45, 7) is 5.42. The standard InChI is InChI=1S/C10H14N6O.2ClH/c1-7-6-8(17)16-9(12-7)13-10(14-16)15-4-2-11-3-5-15;;/h6,11H,2-5H2,1H3,(H,12,13,14);2*1H. The molecule has 0 spiro atoms. The molecule has 7 nitrogen and oxygen atoms in total. The third-order valence-electron chi connectivity index (χ3n) is 2.86. The van der Waals surface area contributed by atoms with Crippen LogP contribution in [0, 0.1) is 6.92 Å². The lowest BCUT2D eigenvalue weighted by Crippen LogP contribution is -2.44. The zero-order valence-electron chi connectivity index (χ0n) is 10.4. The van der Waals surface area contributed by atoms with Crippen molar-refractivity contribution in [1.29, 1.82) is 0 Å². The first-order chi connectivity index (χ1) is 8.24. The number of hydrogen-bond acceptors (Lipinski definition) is 5. The molecule has 1 aliphatic heterocycles. The Morgan fingerprint density at radius 1 is 1.21 bits per heavy atom. The number of halogens is 2. The van der Waals surface area contributed by atoms with Gasteiger partial charge in [0.15, 0.2) is 0 Å². The number of anilines is 1. The minimum Gasteiger partial charge on any atom is -0.339 e. The molecule has 1 aliphatic rings. The molecular formula is C10H16Cl2N6O. The van der Waals surface area contributed by atoms with Crippen LogP contribution in [-0.2, 0) is 0 Å². The molecule has 0 radical (unpaired) electrons. The normalized spacial score (nSPS) is 14.9. The second-order valence-electron chi connectivity index (χ2n) is 4.16. The van der Waals surface area contributed by atoms with Crippen molar-refractivity contribution in [2.24, 2.45) is 0 Å². The van der Waals surface area contributed by atoms with Crippen LogP contribution >= 0.6 is 24.8 Å². The van der Waals surface area contributed by atoms with E-state index in [2.05, 4.69) is 25.3 Å². The van der Waals surface area contributed by atoms with Gasteiger partial charge in [-0.15, -0.1) is 24.8 Å². The molecule has 3 heterocycles. The Morgan fingerprint density at radius 2 is 1.89 bits per heavy atom. The molecule has 0 bridgehead atoms. The van der Waals surface area contributed by atoms with E-state index in [0.717, 1.165) is 26.2 Å². The van der Waals surface area contributed by atoms with Crippen LogP contribution in [-0.4, -0.2) is 45.8 Å². The predicted octanol–water partition coefficient (Wildman–Crippen LogP) is -0.0208. The number of fused-ring (bicyclic) bond motifs is 1. The molecule has 0 atom stereocenters. The van der Waals surface area contributed by atoms with E-state index in [1.165, 1.54) is 10.6 Å². The zero-order chi connectivity index (χ0) is 11.8. The Morgan fingerprint density at radius 3 is 2.58 bits per heavy atom. The molecule has 2 aromatic rings. The highest BCUT2D eigenvalue weighted by Crippen LogP contribution is 2.08. The van der Waals surface area contributed by atoms with Gasteiger partial charge in [-0.05, 0) is 6.92 Å². The summed E-state index contributed by atoms with van der Waals surface area (Å²) in [7, 11) is 0. The van der Waals surface area contributed by atoms with E-state index < -0.39 is 0 Å². The molecule has 0 amide bonds. The molecule has 1 fully saturated rings. The number of hydrogen-bond donors (Lipinski definition) is 2. The van der Waals surface area contributed by atoms with Gasteiger partial charge in [0, 0.05) is 37.9 Å². The number of aromatic nitrogens is 4. The molecule has 3 rings (SSSR count).